The van der Waals surface area contributed by atoms with Gasteiger partial charge in [0.1, 0.15) is 11.4 Å². The van der Waals surface area contributed by atoms with Crippen LogP contribution in [0.15, 0.2) is 45.9 Å². The molecule has 2 aromatic rings. The van der Waals surface area contributed by atoms with E-state index in [4.69, 9.17) is 4.42 Å². The number of rotatable bonds is 8. The topological polar surface area (TPSA) is 106 Å². The van der Waals surface area contributed by atoms with Crippen LogP contribution in [0.5, 0.6) is 0 Å². The Kier molecular flexibility index (Phi) is 5.81. The van der Waals surface area contributed by atoms with Crippen LogP contribution in [0.3, 0.4) is 0 Å². The van der Waals surface area contributed by atoms with Crippen molar-refractivity contribution in [2.24, 2.45) is 0 Å². The second kappa shape index (κ2) is 7.66. The molecule has 0 aliphatic carbocycles. The van der Waals surface area contributed by atoms with E-state index in [1.807, 2.05) is 0 Å². The average molecular weight is 367 g/mol. The second-order valence-electron chi connectivity index (χ2n) is 5.41. The van der Waals surface area contributed by atoms with Crippen molar-refractivity contribution in [1.82, 2.24) is 4.31 Å². The van der Waals surface area contributed by atoms with Crippen molar-refractivity contribution in [3.05, 3.63) is 52.5 Å². The van der Waals surface area contributed by atoms with Crippen LogP contribution in [0.1, 0.15) is 32.6 Å². The zero-order valence-corrected chi connectivity index (χ0v) is 15.1. The number of benzene rings is 1. The fourth-order valence-electron chi connectivity index (χ4n) is 2.50. The number of nitro benzene ring substituents is 1. The van der Waals surface area contributed by atoms with Crippen LogP contribution in [0.2, 0.25) is 0 Å². The third-order valence-electron chi connectivity index (χ3n) is 3.85. The Bertz CT molecular complexity index is 829. The molecule has 8 nitrogen and oxygen atoms in total. The Morgan fingerprint density at radius 3 is 2.48 bits per heavy atom. The molecule has 0 fully saturated rings. The molecule has 136 valence electrons. The van der Waals surface area contributed by atoms with E-state index in [-0.39, 0.29) is 22.3 Å². The summed E-state index contributed by atoms with van der Waals surface area (Å²) in [6.07, 6.45) is 1.52. The molecule has 1 heterocycles. The van der Waals surface area contributed by atoms with E-state index in [9.17, 15) is 18.5 Å². The van der Waals surface area contributed by atoms with Gasteiger partial charge in [-0.15, -0.1) is 0 Å². The summed E-state index contributed by atoms with van der Waals surface area (Å²) in [5.74, 6) is 0.620. The average Bonchev–Trinajstić information content (AvgIpc) is 3.10. The van der Waals surface area contributed by atoms with Crippen molar-refractivity contribution in [1.29, 1.82) is 0 Å². The summed E-state index contributed by atoms with van der Waals surface area (Å²) in [7, 11) is -3.76. The highest BCUT2D eigenvalue weighted by atomic mass is 32.2. The van der Waals surface area contributed by atoms with Gasteiger partial charge in [0, 0.05) is 19.2 Å². The van der Waals surface area contributed by atoms with Gasteiger partial charge >= 0.3 is 0 Å². The van der Waals surface area contributed by atoms with E-state index < -0.39 is 14.9 Å². The van der Waals surface area contributed by atoms with Gasteiger partial charge in [-0.25, -0.2) is 8.42 Å². The van der Waals surface area contributed by atoms with Gasteiger partial charge in [-0.2, -0.15) is 4.31 Å². The molecule has 0 saturated carbocycles. The molecule has 0 spiro atoms. The van der Waals surface area contributed by atoms with E-state index in [1.54, 1.807) is 32.9 Å². The fourth-order valence-corrected chi connectivity index (χ4v) is 3.98. The summed E-state index contributed by atoms with van der Waals surface area (Å²) in [6.45, 7) is 5.82. The third kappa shape index (κ3) is 3.99. The lowest BCUT2D eigenvalue weighted by Crippen LogP contribution is -2.30. The fraction of sp³-hybridized carbons (Fsp3) is 0.375. The molecule has 0 bridgehead atoms. The largest absolute Gasteiger partial charge is 0.467 e. The van der Waals surface area contributed by atoms with Gasteiger partial charge in [-0.1, -0.05) is 13.8 Å². The maximum Gasteiger partial charge on any atom is 0.293 e. The first-order chi connectivity index (χ1) is 11.8. The van der Waals surface area contributed by atoms with Crippen LogP contribution in [0, 0.1) is 10.1 Å². The number of nitro groups is 1. The number of hydrogen-bond acceptors (Lipinski definition) is 6. The molecule has 1 atom stereocenters. The lowest BCUT2D eigenvalue weighted by molar-refractivity contribution is -0.384. The van der Waals surface area contributed by atoms with E-state index in [0.29, 0.717) is 18.8 Å². The Balaban J connectivity index is 2.40. The lowest BCUT2D eigenvalue weighted by Gasteiger charge is -2.19. The quantitative estimate of drug-likeness (QED) is 0.566. The first kappa shape index (κ1) is 18.9. The molecule has 2 rings (SSSR count). The summed E-state index contributed by atoms with van der Waals surface area (Å²) in [5, 5.41) is 14.4. The van der Waals surface area contributed by atoms with E-state index >= 15 is 0 Å². The van der Waals surface area contributed by atoms with Gasteiger partial charge in [0.05, 0.1) is 22.1 Å². The minimum Gasteiger partial charge on any atom is -0.467 e. The number of nitrogens with one attached hydrogen (secondary N) is 1. The normalized spacial score (nSPS) is 13.0. The Hall–Kier alpha value is -2.39. The van der Waals surface area contributed by atoms with Crippen LogP contribution >= 0.6 is 0 Å². The van der Waals surface area contributed by atoms with Gasteiger partial charge < -0.3 is 9.73 Å². The molecule has 1 aromatic carbocycles. The molecule has 25 heavy (non-hydrogen) atoms. The third-order valence-corrected chi connectivity index (χ3v) is 5.90. The molecule has 0 unspecified atom stereocenters. The number of nitrogens with zero attached hydrogens (tertiary/aromatic N) is 2. The number of furan rings is 1. The molecule has 1 aromatic heterocycles. The maximum atomic E-state index is 12.6. The molecule has 0 radical (unpaired) electrons. The summed E-state index contributed by atoms with van der Waals surface area (Å²) in [5.41, 5.74) is -0.0703. The van der Waals surface area contributed by atoms with E-state index in [1.165, 1.54) is 22.7 Å². The second-order valence-corrected chi connectivity index (χ2v) is 7.34. The maximum absolute atomic E-state index is 12.6. The highest BCUT2D eigenvalue weighted by molar-refractivity contribution is 7.89. The molecule has 0 saturated heterocycles. The van der Waals surface area contributed by atoms with Crippen molar-refractivity contribution >= 4 is 21.4 Å². The van der Waals surface area contributed by atoms with Crippen molar-refractivity contribution in [2.75, 3.05) is 18.4 Å². The predicted octanol–water partition coefficient (Wildman–Crippen LogP) is 3.39. The predicted molar refractivity (Wildman–Crippen MR) is 93.9 cm³/mol. The zero-order valence-electron chi connectivity index (χ0n) is 14.3. The van der Waals surface area contributed by atoms with Gasteiger partial charge in [-0.3, -0.25) is 10.1 Å². The monoisotopic (exact) mass is 367 g/mol. The van der Waals surface area contributed by atoms with Gasteiger partial charge in [0.2, 0.25) is 10.0 Å². The molecule has 9 heteroatoms. The van der Waals surface area contributed by atoms with Crippen LogP contribution in [-0.2, 0) is 10.0 Å². The highest BCUT2D eigenvalue weighted by Gasteiger charge is 2.26. The highest BCUT2D eigenvalue weighted by Crippen LogP contribution is 2.31. The molecule has 1 N–H and O–H groups in total. The van der Waals surface area contributed by atoms with Crippen molar-refractivity contribution in [2.45, 2.75) is 31.7 Å². The summed E-state index contributed by atoms with van der Waals surface area (Å²) in [4.78, 5) is 10.7. The molecule has 0 aliphatic rings. The van der Waals surface area contributed by atoms with Gasteiger partial charge in [0.15, 0.2) is 0 Å². The first-order valence-corrected chi connectivity index (χ1v) is 9.33. The minimum absolute atomic E-state index is 0.0981. The van der Waals surface area contributed by atoms with Crippen molar-refractivity contribution < 1.29 is 17.8 Å². The van der Waals surface area contributed by atoms with E-state index in [2.05, 4.69) is 5.32 Å². The molecular weight excluding hydrogens is 346 g/mol. The smallest absolute Gasteiger partial charge is 0.293 e. The summed E-state index contributed by atoms with van der Waals surface area (Å²) in [6, 6.07) is 7.04. The Morgan fingerprint density at radius 1 is 1.28 bits per heavy atom. The summed E-state index contributed by atoms with van der Waals surface area (Å²) >= 11 is 0. The summed E-state index contributed by atoms with van der Waals surface area (Å²) < 4.78 is 31.6. The van der Waals surface area contributed by atoms with Crippen molar-refractivity contribution in [3.8, 4) is 0 Å². The zero-order chi connectivity index (χ0) is 18.6. The van der Waals surface area contributed by atoms with Crippen LogP contribution < -0.4 is 5.32 Å². The van der Waals surface area contributed by atoms with Gasteiger partial charge in [0.25, 0.3) is 5.69 Å². The molecule has 0 aliphatic heterocycles. The number of anilines is 1. The molecular formula is C16H21N3O5S. The van der Waals surface area contributed by atoms with Crippen LogP contribution in [-0.4, -0.2) is 30.7 Å². The van der Waals surface area contributed by atoms with Crippen LogP contribution in [0.4, 0.5) is 11.4 Å². The minimum atomic E-state index is -3.76. The SMILES string of the molecule is CCN(CC)S(=O)(=O)c1ccc(N[C@@H](C)c2ccco2)c([N+](=O)[O-])c1. The molecule has 0 amide bonds. The number of hydrogen-bond donors (Lipinski definition) is 1. The lowest BCUT2D eigenvalue weighted by atomic mass is 10.2. The Labute approximate surface area is 146 Å². The van der Waals surface area contributed by atoms with E-state index in [0.717, 1.165) is 6.07 Å². The van der Waals surface area contributed by atoms with Crippen LogP contribution in [0.25, 0.3) is 0 Å². The number of sulfonamides is 1. The standard InChI is InChI=1S/C16H21N3O5S/c1-4-18(5-2)25(22,23)13-8-9-14(15(11-13)19(20)21)17-12(3)16-7-6-10-24-16/h6-12,17H,4-5H2,1-3H3/t12-/m0/s1. The Morgan fingerprint density at radius 2 is 1.96 bits per heavy atom. The van der Waals surface area contributed by atoms with Crippen molar-refractivity contribution in [3.63, 3.8) is 0 Å². The first-order valence-electron chi connectivity index (χ1n) is 7.89. The van der Waals surface area contributed by atoms with Gasteiger partial charge in [-0.05, 0) is 31.2 Å².